The second-order valence-electron chi connectivity index (χ2n) is 4.20. The molecule has 3 rings (SSSR count). The summed E-state index contributed by atoms with van der Waals surface area (Å²) in [5, 5.41) is 0. The van der Waals surface area contributed by atoms with Crippen molar-refractivity contribution in [2.24, 2.45) is 0 Å². The van der Waals surface area contributed by atoms with Gasteiger partial charge in [0.25, 0.3) is 0 Å². The summed E-state index contributed by atoms with van der Waals surface area (Å²) in [5.74, 6) is -0.434. The summed E-state index contributed by atoms with van der Waals surface area (Å²) in [5.41, 5.74) is 0.962. The number of halogens is 4. The predicted molar refractivity (Wildman–Crippen MR) is 78.2 cm³/mol. The van der Waals surface area contributed by atoms with Crippen LogP contribution >= 0.6 is 27.5 Å². The maximum atomic E-state index is 14.1. The van der Waals surface area contributed by atoms with E-state index in [2.05, 4.69) is 20.9 Å². The second-order valence-corrected chi connectivity index (χ2v) is 5.38. The van der Waals surface area contributed by atoms with Gasteiger partial charge in [0.2, 0.25) is 0 Å². The molecule has 2 nitrogen and oxygen atoms in total. The van der Waals surface area contributed by atoms with Gasteiger partial charge in [0, 0.05) is 4.47 Å². The average Bonchev–Trinajstić information content (AvgIpc) is 2.79. The molecular formula is C14H8BrClF2N2. The van der Waals surface area contributed by atoms with Gasteiger partial charge in [-0.1, -0.05) is 22.0 Å². The summed E-state index contributed by atoms with van der Waals surface area (Å²) in [6.07, 6.45) is 0. The minimum Gasteiger partial charge on any atom is -0.292 e. The minimum atomic E-state index is -0.454. The molecule has 0 radical (unpaired) electrons. The molecule has 0 atom stereocenters. The molecule has 20 heavy (non-hydrogen) atoms. The van der Waals surface area contributed by atoms with Crippen LogP contribution in [-0.4, -0.2) is 9.55 Å². The van der Waals surface area contributed by atoms with Crippen LogP contribution in [0.1, 0.15) is 5.82 Å². The number of aromatic nitrogens is 2. The smallest absolute Gasteiger partial charge is 0.151 e. The fourth-order valence-corrected chi connectivity index (χ4v) is 2.65. The molecule has 6 heteroatoms. The highest BCUT2D eigenvalue weighted by atomic mass is 79.9. The number of para-hydroxylation sites is 1. The minimum absolute atomic E-state index is 0.0592. The Hall–Kier alpha value is -1.46. The number of nitrogens with zero attached hydrogens (tertiary/aromatic N) is 2. The lowest BCUT2D eigenvalue weighted by Gasteiger charge is -2.09. The largest absolute Gasteiger partial charge is 0.292 e. The molecule has 0 aliphatic heterocycles. The number of hydrogen-bond acceptors (Lipinski definition) is 1. The van der Waals surface area contributed by atoms with Gasteiger partial charge in [-0.25, -0.2) is 13.8 Å². The van der Waals surface area contributed by atoms with E-state index in [-0.39, 0.29) is 17.1 Å². The number of alkyl halides is 1. The molecular weight excluding hydrogens is 350 g/mol. The number of rotatable bonds is 2. The molecule has 0 fully saturated rings. The van der Waals surface area contributed by atoms with Crippen LogP contribution in [0, 0.1) is 11.6 Å². The lowest BCUT2D eigenvalue weighted by Crippen LogP contribution is -2.02. The standard InChI is InChI=1S/C14H8BrClF2N2/c15-8-4-5-11(10(18)6-8)20-12-3-1-2-9(17)14(12)19-13(20)7-16/h1-6H,7H2. The van der Waals surface area contributed by atoms with Crippen molar-refractivity contribution in [1.82, 2.24) is 9.55 Å². The summed E-state index contributed by atoms with van der Waals surface area (Å²) in [6, 6.07) is 9.21. The lowest BCUT2D eigenvalue weighted by molar-refractivity contribution is 0.617. The zero-order valence-corrected chi connectivity index (χ0v) is 12.4. The summed E-state index contributed by atoms with van der Waals surface area (Å²) in [4.78, 5) is 4.15. The Kier molecular flexibility index (Phi) is 3.48. The van der Waals surface area contributed by atoms with Gasteiger partial charge in [-0.3, -0.25) is 4.57 Å². The van der Waals surface area contributed by atoms with Crippen LogP contribution in [-0.2, 0) is 5.88 Å². The monoisotopic (exact) mass is 356 g/mol. The Balaban J connectivity index is 2.37. The van der Waals surface area contributed by atoms with E-state index in [0.717, 1.165) is 0 Å². The van der Waals surface area contributed by atoms with Crippen LogP contribution in [0.15, 0.2) is 40.9 Å². The fourth-order valence-electron chi connectivity index (χ4n) is 2.13. The van der Waals surface area contributed by atoms with E-state index in [1.807, 2.05) is 0 Å². The van der Waals surface area contributed by atoms with Gasteiger partial charge in [0.15, 0.2) is 5.82 Å². The molecule has 0 saturated heterocycles. The molecule has 0 amide bonds. The van der Waals surface area contributed by atoms with Crippen LogP contribution in [0.3, 0.4) is 0 Å². The van der Waals surface area contributed by atoms with Gasteiger partial charge in [-0.05, 0) is 30.3 Å². The van der Waals surface area contributed by atoms with E-state index in [1.54, 1.807) is 24.3 Å². The number of imidazole rings is 1. The molecule has 0 unspecified atom stereocenters. The quantitative estimate of drug-likeness (QED) is 0.602. The zero-order valence-electron chi connectivity index (χ0n) is 10.1. The van der Waals surface area contributed by atoms with E-state index >= 15 is 0 Å². The van der Waals surface area contributed by atoms with Crippen LogP contribution in [0.4, 0.5) is 8.78 Å². The fraction of sp³-hybridized carbons (Fsp3) is 0.0714. The molecule has 0 aliphatic rings. The van der Waals surface area contributed by atoms with Crippen molar-refractivity contribution in [3.63, 3.8) is 0 Å². The first-order valence-electron chi connectivity index (χ1n) is 5.79. The van der Waals surface area contributed by atoms with Crippen molar-refractivity contribution in [1.29, 1.82) is 0 Å². The van der Waals surface area contributed by atoms with Crippen molar-refractivity contribution < 1.29 is 8.78 Å². The lowest BCUT2D eigenvalue weighted by atomic mass is 10.2. The number of fused-ring (bicyclic) bond motifs is 1. The van der Waals surface area contributed by atoms with Gasteiger partial charge in [-0.15, -0.1) is 11.6 Å². The average molecular weight is 358 g/mol. The second kappa shape index (κ2) is 5.14. The van der Waals surface area contributed by atoms with E-state index in [9.17, 15) is 8.78 Å². The van der Waals surface area contributed by atoms with Gasteiger partial charge < -0.3 is 0 Å². The van der Waals surface area contributed by atoms with Crippen LogP contribution in [0.25, 0.3) is 16.7 Å². The molecule has 0 aliphatic carbocycles. The summed E-state index contributed by atoms with van der Waals surface area (Å²) in [7, 11) is 0. The Morgan fingerprint density at radius 2 is 1.95 bits per heavy atom. The molecule has 3 aromatic rings. The Morgan fingerprint density at radius 1 is 1.15 bits per heavy atom. The summed E-state index contributed by atoms with van der Waals surface area (Å²) in [6.45, 7) is 0. The van der Waals surface area contributed by atoms with Gasteiger partial charge in [0.1, 0.15) is 17.2 Å². The highest BCUT2D eigenvalue weighted by Gasteiger charge is 2.16. The highest BCUT2D eigenvalue weighted by molar-refractivity contribution is 9.10. The van der Waals surface area contributed by atoms with Crippen LogP contribution in [0.2, 0.25) is 0 Å². The van der Waals surface area contributed by atoms with E-state index in [1.165, 1.54) is 16.7 Å². The normalized spacial score (nSPS) is 11.2. The van der Waals surface area contributed by atoms with Crippen molar-refractivity contribution in [2.45, 2.75) is 5.88 Å². The van der Waals surface area contributed by atoms with Crippen molar-refractivity contribution >= 4 is 38.6 Å². The predicted octanol–water partition coefficient (Wildman–Crippen LogP) is 4.81. The van der Waals surface area contributed by atoms with E-state index in [4.69, 9.17) is 11.6 Å². The topological polar surface area (TPSA) is 17.8 Å². The van der Waals surface area contributed by atoms with Gasteiger partial charge in [0.05, 0.1) is 17.1 Å². The molecule has 102 valence electrons. The zero-order chi connectivity index (χ0) is 14.3. The van der Waals surface area contributed by atoms with E-state index < -0.39 is 11.6 Å². The first-order chi connectivity index (χ1) is 9.61. The molecule has 1 heterocycles. The van der Waals surface area contributed by atoms with E-state index in [0.29, 0.717) is 15.8 Å². The van der Waals surface area contributed by atoms with Crippen LogP contribution < -0.4 is 0 Å². The SMILES string of the molecule is Fc1cc(Br)ccc1-n1c(CCl)nc2c(F)cccc21. The molecule has 0 spiro atoms. The third kappa shape index (κ3) is 2.11. The highest BCUT2D eigenvalue weighted by Crippen LogP contribution is 2.27. The Bertz CT molecular complexity index is 801. The summed E-state index contributed by atoms with van der Waals surface area (Å²) >= 11 is 9.06. The molecule has 2 aromatic carbocycles. The van der Waals surface area contributed by atoms with Crippen molar-refractivity contribution in [3.8, 4) is 5.69 Å². The first-order valence-corrected chi connectivity index (χ1v) is 7.12. The van der Waals surface area contributed by atoms with Crippen molar-refractivity contribution in [3.05, 3.63) is 58.3 Å². The van der Waals surface area contributed by atoms with Crippen LogP contribution in [0.5, 0.6) is 0 Å². The van der Waals surface area contributed by atoms with Gasteiger partial charge in [-0.2, -0.15) is 0 Å². The van der Waals surface area contributed by atoms with Gasteiger partial charge >= 0.3 is 0 Å². The third-order valence-electron chi connectivity index (χ3n) is 2.98. The maximum Gasteiger partial charge on any atom is 0.151 e. The first kappa shape index (κ1) is 13.5. The maximum absolute atomic E-state index is 14.1. The molecule has 1 aromatic heterocycles. The third-order valence-corrected chi connectivity index (χ3v) is 3.71. The van der Waals surface area contributed by atoms with Crippen molar-refractivity contribution in [2.75, 3.05) is 0 Å². The number of hydrogen-bond donors (Lipinski definition) is 0. The Labute approximate surface area is 127 Å². The Morgan fingerprint density at radius 3 is 2.65 bits per heavy atom. The molecule has 0 N–H and O–H groups in total. The molecule has 0 bridgehead atoms. The number of benzene rings is 2. The molecule has 0 saturated carbocycles. The summed E-state index contributed by atoms with van der Waals surface area (Å²) < 4.78 is 30.1.